The molecule has 0 fully saturated rings. The van der Waals surface area contributed by atoms with Crippen LogP contribution < -0.4 is 10.1 Å². The van der Waals surface area contributed by atoms with E-state index in [4.69, 9.17) is 9.84 Å². The molecule has 2 aromatic rings. The van der Waals surface area contributed by atoms with Crippen LogP contribution >= 0.6 is 15.9 Å². The minimum Gasteiger partial charge on any atom is -0.481 e. The highest BCUT2D eigenvalue weighted by molar-refractivity contribution is 9.10. The van der Waals surface area contributed by atoms with E-state index in [0.717, 1.165) is 4.47 Å². The van der Waals surface area contributed by atoms with Crippen molar-refractivity contribution in [2.75, 3.05) is 5.32 Å². The number of carboxylic acid groups (broad SMARTS) is 1. The van der Waals surface area contributed by atoms with Crippen molar-refractivity contribution in [1.82, 2.24) is 0 Å². The van der Waals surface area contributed by atoms with Crippen LogP contribution in [0.4, 0.5) is 5.69 Å². The number of rotatable bonds is 5. The monoisotopic (exact) mass is 363 g/mol. The minimum atomic E-state index is -1.01. The smallest absolute Gasteiger partial charge is 0.335 e. The first-order valence-electron chi connectivity index (χ1n) is 6.52. The van der Waals surface area contributed by atoms with Crippen molar-refractivity contribution in [1.29, 1.82) is 0 Å². The summed E-state index contributed by atoms with van der Waals surface area (Å²) in [6.07, 6.45) is -0.680. The number of hydrogen-bond acceptors (Lipinski definition) is 3. The van der Waals surface area contributed by atoms with E-state index < -0.39 is 12.1 Å². The molecule has 5 nitrogen and oxygen atoms in total. The predicted molar refractivity (Wildman–Crippen MR) is 86.3 cm³/mol. The second kappa shape index (κ2) is 7.09. The number of anilines is 1. The summed E-state index contributed by atoms with van der Waals surface area (Å²) in [5.41, 5.74) is 0.679. The lowest BCUT2D eigenvalue weighted by molar-refractivity contribution is -0.122. The second-order valence-electron chi connectivity index (χ2n) is 4.59. The fourth-order valence-electron chi connectivity index (χ4n) is 1.71. The number of carbonyl (C=O) groups is 2. The van der Waals surface area contributed by atoms with Crippen molar-refractivity contribution in [2.24, 2.45) is 0 Å². The first kappa shape index (κ1) is 16.0. The van der Waals surface area contributed by atoms with Crippen LogP contribution in [0, 0.1) is 0 Å². The maximum Gasteiger partial charge on any atom is 0.335 e. The van der Waals surface area contributed by atoms with Crippen molar-refractivity contribution < 1.29 is 19.4 Å². The molecule has 2 aromatic carbocycles. The van der Waals surface area contributed by atoms with E-state index in [2.05, 4.69) is 21.2 Å². The largest absolute Gasteiger partial charge is 0.481 e. The highest BCUT2D eigenvalue weighted by Crippen LogP contribution is 2.18. The zero-order chi connectivity index (χ0) is 16.1. The topological polar surface area (TPSA) is 75.6 Å². The maximum atomic E-state index is 12.0. The Morgan fingerprint density at radius 2 is 1.68 bits per heavy atom. The molecule has 2 rings (SSSR count). The fraction of sp³-hybridized carbons (Fsp3) is 0.125. The molecule has 2 N–H and O–H groups in total. The van der Waals surface area contributed by atoms with E-state index in [-0.39, 0.29) is 11.5 Å². The third kappa shape index (κ3) is 4.33. The number of halogens is 1. The van der Waals surface area contributed by atoms with Crippen LogP contribution in [0.1, 0.15) is 17.3 Å². The normalized spacial score (nSPS) is 11.5. The third-order valence-corrected chi connectivity index (χ3v) is 3.42. The molecular weight excluding hydrogens is 350 g/mol. The quantitative estimate of drug-likeness (QED) is 0.851. The first-order valence-corrected chi connectivity index (χ1v) is 7.31. The molecule has 0 heterocycles. The molecule has 6 heteroatoms. The summed E-state index contributed by atoms with van der Waals surface area (Å²) < 4.78 is 6.46. The summed E-state index contributed by atoms with van der Waals surface area (Å²) in [5, 5.41) is 11.5. The first-order chi connectivity index (χ1) is 10.5. The summed E-state index contributed by atoms with van der Waals surface area (Å²) in [4.78, 5) is 22.8. The van der Waals surface area contributed by atoms with Crippen LogP contribution in [0.5, 0.6) is 5.75 Å². The van der Waals surface area contributed by atoms with Crippen molar-refractivity contribution in [3.8, 4) is 5.75 Å². The van der Waals surface area contributed by atoms with E-state index in [9.17, 15) is 9.59 Å². The third-order valence-electron chi connectivity index (χ3n) is 2.90. The molecule has 0 aromatic heterocycles. The van der Waals surface area contributed by atoms with Gasteiger partial charge in [-0.15, -0.1) is 0 Å². The lowest BCUT2D eigenvalue weighted by Gasteiger charge is -2.14. The van der Waals surface area contributed by atoms with Crippen LogP contribution in [0.15, 0.2) is 53.0 Å². The average Bonchev–Trinajstić information content (AvgIpc) is 2.50. The number of amides is 1. The number of benzene rings is 2. The SMILES string of the molecule is CC(Oc1ccc(Br)cc1)C(=O)Nc1ccc(C(=O)O)cc1. The molecule has 1 amide bonds. The summed E-state index contributed by atoms with van der Waals surface area (Å²) in [6, 6.07) is 13.1. The highest BCUT2D eigenvalue weighted by Gasteiger charge is 2.15. The summed E-state index contributed by atoms with van der Waals surface area (Å²) in [5.74, 6) is -0.733. The van der Waals surface area contributed by atoms with Gasteiger partial charge in [-0.1, -0.05) is 15.9 Å². The molecule has 1 atom stereocenters. The number of nitrogens with one attached hydrogen (secondary N) is 1. The molecule has 114 valence electrons. The number of carboxylic acids is 1. The zero-order valence-electron chi connectivity index (χ0n) is 11.7. The van der Waals surface area contributed by atoms with Gasteiger partial charge in [-0.2, -0.15) is 0 Å². The second-order valence-corrected chi connectivity index (χ2v) is 5.50. The Bertz CT molecular complexity index is 668. The average molecular weight is 364 g/mol. The van der Waals surface area contributed by atoms with E-state index >= 15 is 0 Å². The van der Waals surface area contributed by atoms with Crippen LogP contribution in [-0.2, 0) is 4.79 Å². The molecule has 0 spiro atoms. The number of aromatic carboxylic acids is 1. The van der Waals surface area contributed by atoms with Gasteiger partial charge in [0, 0.05) is 10.2 Å². The Kier molecular flexibility index (Phi) is 5.16. The van der Waals surface area contributed by atoms with Gasteiger partial charge in [0.2, 0.25) is 0 Å². The predicted octanol–water partition coefficient (Wildman–Crippen LogP) is 3.55. The van der Waals surface area contributed by atoms with E-state index in [1.54, 1.807) is 19.1 Å². The van der Waals surface area contributed by atoms with Gasteiger partial charge in [0.1, 0.15) is 5.75 Å². The van der Waals surface area contributed by atoms with Crippen molar-refractivity contribution >= 4 is 33.5 Å². The van der Waals surface area contributed by atoms with E-state index in [1.807, 2.05) is 12.1 Å². The summed E-state index contributed by atoms with van der Waals surface area (Å²) in [7, 11) is 0. The molecule has 1 unspecified atom stereocenters. The molecule has 0 aliphatic carbocycles. The molecule has 0 radical (unpaired) electrons. The summed E-state index contributed by atoms with van der Waals surface area (Å²) in [6.45, 7) is 1.64. The van der Waals surface area contributed by atoms with Crippen LogP contribution in [0.3, 0.4) is 0 Å². The van der Waals surface area contributed by atoms with Crippen LogP contribution in [-0.4, -0.2) is 23.1 Å². The van der Waals surface area contributed by atoms with Crippen molar-refractivity contribution in [2.45, 2.75) is 13.0 Å². The zero-order valence-corrected chi connectivity index (χ0v) is 13.3. The Balaban J connectivity index is 1.95. The van der Waals surface area contributed by atoms with Gasteiger partial charge in [-0.3, -0.25) is 4.79 Å². The molecule has 0 aliphatic rings. The maximum absolute atomic E-state index is 12.0. The molecule has 0 aliphatic heterocycles. The molecule has 22 heavy (non-hydrogen) atoms. The summed E-state index contributed by atoms with van der Waals surface area (Å²) >= 11 is 3.32. The van der Waals surface area contributed by atoms with Gasteiger partial charge in [-0.25, -0.2) is 4.79 Å². The highest BCUT2D eigenvalue weighted by atomic mass is 79.9. The molecule has 0 saturated heterocycles. The van der Waals surface area contributed by atoms with Crippen LogP contribution in [0.2, 0.25) is 0 Å². The Hall–Kier alpha value is -2.34. The Morgan fingerprint density at radius 3 is 2.23 bits per heavy atom. The van der Waals surface area contributed by atoms with Crippen LogP contribution in [0.25, 0.3) is 0 Å². The number of hydrogen-bond donors (Lipinski definition) is 2. The molecule has 0 bridgehead atoms. The number of carbonyl (C=O) groups excluding carboxylic acids is 1. The lowest BCUT2D eigenvalue weighted by atomic mass is 10.2. The van der Waals surface area contributed by atoms with E-state index in [1.165, 1.54) is 24.3 Å². The van der Waals surface area contributed by atoms with Gasteiger partial charge in [0.05, 0.1) is 5.56 Å². The standard InChI is InChI=1S/C16H14BrNO4/c1-10(22-14-8-4-12(17)5-9-14)15(19)18-13-6-2-11(3-7-13)16(20)21/h2-10H,1H3,(H,18,19)(H,20,21). The molecular formula is C16H14BrNO4. The van der Waals surface area contributed by atoms with Crippen molar-refractivity contribution in [3.63, 3.8) is 0 Å². The Morgan fingerprint density at radius 1 is 1.09 bits per heavy atom. The fourth-order valence-corrected chi connectivity index (χ4v) is 1.98. The van der Waals surface area contributed by atoms with Gasteiger partial charge in [0.15, 0.2) is 6.10 Å². The minimum absolute atomic E-state index is 0.164. The van der Waals surface area contributed by atoms with Gasteiger partial charge in [-0.05, 0) is 55.5 Å². The van der Waals surface area contributed by atoms with Gasteiger partial charge < -0.3 is 15.2 Å². The lowest BCUT2D eigenvalue weighted by Crippen LogP contribution is -2.30. The van der Waals surface area contributed by atoms with Gasteiger partial charge in [0.25, 0.3) is 5.91 Å². The van der Waals surface area contributed by atoms with Gasteiger partial charge >= 0.3 is 5.97 Å². The Labute approximate surface area is 136 Å². The van der Waals surface area contributed by atoms with Crippen molar-refractivity contribution in [3.05, 3.63) is 58.6 Å². The van der Waals surface area contributed by atoms with E-state index in [0.29, 0.717) is 11.4 Å². The number of ether oxygens (including phenoxy) is 1. The molecule has 0 saturated carbocycles.